The third-order valence-electron chi connectivity index (χ3n) is 2.25. The number of rotatable bonds is 2. The summed E-state index contributed by atoms with van der Waals surface area (Å²) in [7, 11) is 1.60. The highest BCUT2D eigenvalue weighted by Crippen LogP contribution is 2.40. The third kappa shape index (κ3) is 2.92. The smallest absolute Gasteiger partial charge is 0.128 e. The van der Waals surface area contributed by atoms with Crippen LogP contribution in [0.1, 0.15) is 0 Å². The zero-order valence-electron chi connectivity index (χ0n) is 8.98. The maximum absolute atomic E-state index is 6.18. The molecule has 0 saturated heterocycles. The SMILES string of the molecule is Br.COc1ccc(Cl)c(Cl)c1-c1ccncc1. The largest absolute Gasteiger partial charge is 0.496 e. The molecule has 0 atom stereocenters. The minimum atomic E-state index is 0. The van der Waals surface area contributed by atoms with Crippen LogP contribution in [0.25, 0.3) is 11.1 Å². The lowest BCUT2D eigenvalue weighted by Gasteiger charge is -2.11. The number of hydrogen-bond donors (Lipinski definition) is 0. The molecule has 5 heteroatoms. The highest BCUT2D eigenvalue weighted by atomic mass is 79.9. The van der Waals surface area contributed by atoms with E-state index in [0.717, 1.165) is 11.1 Å². The molecule has 0 aliphatic heterocycles. The van der Waals surface area contributed by atoms with Crippen LogP contribution in [0, 0.1) is 0 Å². The van der Waals surface area contributed by atoms with E-state index in [1.54, 1.807) is 31.6 Å². The van der Waals surface area contributed by atoms with Gasteiger partial charge in [-0.05, 0) is 29.8 Å². The average Bonchev–Trinajstić information content (AvgIpc) is 2.33. The summed E-state index contributed by atoms with van der Waals surface area (Å²) in [5.74, 6) is 0.695. The summed E-state index contributed by atoms with van der Waals surface area (Å²) in [6.45, 7) is 0. The van der Waals surface area contributed by atoms with E-state index in [9.17, 15) is 0 Å². The van der Waals surface area contributed by atoms with E-state index in [0.29, 0.717) is 15.8 Å². The molecule has 0 fully saturated rings. The molecule has 0 spiro atoms. The van der Waals surface area contributed by atoms with E-state index in [1.807, 2.05) is 12.1 Å². The van der Waals surface area contributed by atoms with Gasteiger partial charge < -0.3 is 4.74 Å². The van der Waals surface area contributed by atoms with Crippen LogP contribution in [0.4, 0.5) is 0 Å². The predicted octanol–water partition coefficient (Wildman–Crippen LogP) is 4.64. The molecule has 17 heavy (non-hydrogen) atoms. The Bertz CT molecular complexity index is 505. The Balaban J connectivity index is 0.00000144. The van der Waals surface area contributed by atoms with Gasteiger partial charge >= 0.3 is 0 Å². The molecule has 0 aliphatic rings. The standard InChI is InChI=1S/C12H9Cl2NO.BrH/c1-16-10-3-2-9(13)12(14)11(10)8-4-6-15-7-5-8;/h2-7H,1H3;1H. The second-order valence-electron chi connectivity index (χ2n) is 3.17. The molecule has 0 N–H and O–H groups in total. The molecule has 2 aromatic rings. The number of pyridine rings is 1. The molecule has 1 heterocycles. The van der Waals surface area contributed by atoms with Crippen LogP contribution in [0.15, 0.2) is 36.7 Å². The lowest BCUT2D eigenvalue weighted by molar-refractivity contribution is 0.416. The molecule has 2 rings (SSSR count). The van der Waals surface area contributed by atoms with Gasteiger partial charge in [0.05, 0.1) is 17.2 Å². The van der Waals surface area contributed by atoms with Crippen molar-refractivity contribution in [1.29, 1.82) is 0 Å². The van der Waals surface area contributed by atoms with Gasteiger partial charge in [0.2, 0.25) is 0 Å². The van der Waals surface area contributed by atoms with Crippen LogP contribution in [0.3, 0.4) is 0 Å². The van der Waals surface area contributed by atoms with E-state index in [1.165, 1.54) is 0 Å². The Morgan fingerprint density at radius 3 is 2.29 bits per heavy atom. The van der Waals surface area contributed by atoms with Gasteiger partial charge in [-0.25, -0.2) is 0 Å². The summed E-state index contributed by atoms with van der Waals surface area (Å²) < 4.78 is 5.27. The first-order valence-electron chi connectivity index (χ1n) is 4.66. The molecule has 0 unspecified atom stereocenters. The van der Waals surface area contributed by atoms with E-state index >= 15 is 0 Å². The predicted molar refractivity (Wildman–Crippen MR) is 76.6 cm³/mol. The van der Waals surface area contributed by atoms with Gasteiger partial charge in [0, 0.05) is 18.0 Å². The fourth-order valence-electron chi connectivity index (χ4n) is 1.49. The van der Waals surface area contributed by atoms with Crippen molar-refractivity contribution < 1.29 is 4.74 Å². The van der Waals surface area contributed by atoms with Crippen molar-refractivity contribution in [2.24, 2.45) is 0 Å². The van der Waals surface area contributed by atoms with Crippen molar-refractivity contribution in [1.82, 2.24) is 4.98 Å². The number of ether oxygens (including phenoxy) is 1. The van der Waals surface area contributed by atoms with Gasteiger partial charge in [0.25, 0.3) is 0 Å². The average molecular weight is 335 g/mol. The zero-order chi connectivity index (χ0) is 11.5. The van der Waals surface area contributed by atoms with Crippen molar-refractivity contribution in [2.45, 2.75) is 0 Å². The van der Waals surface area contributed by atoms with E-state index in [4.69, 9.17) is 27.9 Å². The van der Waals surface area contributed by atoms with E-state index < -0.39 is 0 Å². The van der Waals surface area contributed by atoms with Crippen LogP contribution in [0.5, 0.6) is 5.75 Å². The Hall–Kier alpha value is -0.770. The van der Waals surface area contributed by atoms with Crippen molar-refractivity contribution in [2.75, 3.05) is 7.11 Å². The van der Waals surface area contributed by atoms with Gasteiger partial charge in [0.15, 0.2) is 0 Å². The quantitative estimate of drug-likeness (QED) is 0.798. The number of benzene rings is 1. The molecular weight excluding hydrogens is 325 g/mol. The first-order chi connectivity index (χ1) is 7.74. The Morgan fingerprint density at radius 1 is 1.06 bits per heavy atom. The summed E-state index contributed by atoms with van der Waals surface area (Å²) in [5.41, 5.74) is 1.72. The van der Waals surface area contributed by atoms with Gasteiger partial charge in [0.1, 0.15) is 5.75 Å². The Morgan fingerprint density at radius 2 is 1.71 bits per heavy atom. The normalized spacial score (nSPS) is 9.59. The number of aromatic nitrogens is 1. The summed E-state index contributed by atoms with van der Waals surface area (Å²) in [5, 5.41) is 1.00. The molecule has 2 nitrogen and oxygen atoms in total. The van der Waals surface area contributed by atoms with Gasteiger partial charge in [-0.3, -0.25) is 4.98 Å². The van der Waals surface area contributed by atoms with Gasteiger partial charge in [-0.2, -0.15) is 0 Å². The summed E-state index contributed by atoms with van der Waals surface area (Å²) in [6, 6.07) is 7.23. The number of hydrogen-bond acceptors (Lipinski definition) is 2. The van der Waals surface area contributed by atoms with Crippen LogP contribution >= 0.6 is 40.2 Å². The molecule has 0 aliphatic carbocycles. The number of nitrogens with zero attached hydrogens (tertiary/aromatic N) is 1. The van der Waals surface area contributed by atoms with E-state index in [2.05, 4.69) is 4.98 Å². The molecule has 90 valence electrons. The molecule has 1 aromatic heterocycles. The highest BCUT2D eigenvalue weighted by molar-refractivity contribution is 8.93. The van der Waals surface area contributed by atoms with E-state index in [-0.39, 0.29) is 17.0 Å². The molecule has 0 radical (unpaired) electrons. The lowest BCUT2D eigenvalue weighted by Crippen LogP contribution is -1.89. The minimum Gasteiger partial charge on any atom is -0.496 e. The monoisotopic (exact) mass is 333 g/mol. The Kier molecular flexibility index (Phi) is 5.25. The second kappa shape index (κ2) is 6.24. The molecule has 0 amide bonds. The van der Waals surface area contributed by atoms with Crippen molar-refractivity contribution >= 4 is 40.2 Å². The van der Waals surface area contributed by atoms with Gasteiger partial charge in [-0.1, -0.05) is 23.2 Å². The highest BCUT2D eigenvalue weighted by Gasteiger charge is 2.13. The summed E-state index contributed by atoms with van der Waals surface area (Å²) in [4.78, 5) is 3.96. The topological polar surface area (TPSA) is 22.1 Å². The second-order valence-corrected chi connectivity index (χ2v) is 3.96. The van der Waals surface area contributed by atoms with Crippen LogP contribution < -0.4 is 4.74 Å². The van der Waals surface area contributed by atoms with Crippen molar-refractivity contribution in [3.63, 3.8) is 0 Å². The fraction of sp³-hybridized carbons (Fsp3) is 0.0833. The number of methoxy groups -OCH3 is 1. The fourth-order valence-corrected chi connectivity index (χ4v) is 1.91. The zero-order valence-corrected chi connectivity index (χ0v) is 12.2. The number of halogens is 3. The summed E-state index contributed by atoms with van der Waals surface area (Å²) in [6.07, 6.45) is 3.40. The maximum Gasteiger partial charge on any atom is 0.128 e. The lowest BCUT2D eigenvalue weighted by atomic mass is 10.1. The first kappa shape index (κ1) is 14.3. The summed E-state index contributed by atoms with van der Waals surface area (Å²) >= 11 is 12.2. The first-order valence-corrected chi connectivity index (χ1v) is 5.42. The van der Waals surface area contributed by atoms with Crippen molar-refractivity contribution in [3.05, 3.63) is 46.7 Å². The third-order valence-corrected chi connectivity index (χ3v) is 3.05. The van der Waals surface area contributed by atoms with Crippen LogP contribution in [-0.2, 0) is 0 Å². The van der Waals surface area contributed by atoms with Crippen LogP contribution in [-0.4, -0.2) is 12.1 Å². The van der Waals surface area contributed by atoms with Gasteiger partial charge in [-0.15, -0.1) is 17.0 Å². The van der Waals surface area contributed by atoms with Crippen molar-refractivity contribution in [3.8, 4) is 16.9 Å². The molecule has 0 bridgehead atoms. The molecular formula is C12H10BrCl2NO. The molecule has 0 saturated carbocycles. The Labute approximate surface area is 120 Å². The minimum absolute atomic E-state index is 0. The molecule has 1 aromatic carbocycles. The maximum atomic E-state index is 6.18. The van der Waals surface area contributed by atoms with Crippen LogP contribution in [0.2, 0.25) is 10.0 Å².